The molecule has 2 aromatic heterocycles. The number of aliphatic hydroxyl groups excluding tert-OH is 3. The summed E-state index contributed by atoms with van der Waals surface area (Å²) in [4.78, 5) is 10.5. The molecule has 0 aromatic carbocycles. The number of aryl methyl sites for hydroxylation is 1. The van der Waals surface area contributed by atoms with E-state index in [1.165, 1.54) is 13.0 Å². The molecule has 1 aliphatic rings. The van der Waals surface area contributed by atoms with E-state index in [0.29, 0.717) is 11.1 Å². The maximum Gasteiger partial charge on any atom is 0.236 e. The SMILES string of the molecule is Cc1nc2cc(C3OC(CO)C(O)C3O)c(=S)[nH]c2nc1F. The molecule has 4 N–H and O–H groups in total. The highest BCUT2D eigenvalue weighted by molar-refractivity contribution is 7.71. The summed E-state index contributed by atoms with van der Waals surface area (Å²) in [6, 6.07) is 1.54. The molecule has 0 bridgehead atoms. The van der Waals surface area contributed by atoms with Crippen molar-refractivity contribution in [1.82, 2.24) is 15.0 Å². The van der Waals surface area contributed by atoms with Gasteiger partial charge in [0.1, 0.15) is 34.6 Å². The summed E-state index contributed by atoms with van der Waals surface area (Å²) < 4.78 is 19.1. The number of rotatable bonds is 2. The Bertz CT molecular complexity index is 784. The number of pyridine rings is 1. The quantitative estimate of drug-likeness (QED) is 0.587. The highest BCUT2D eigenvalue weighted by Gasteiger charge is 2.43. The van der Waals surface area contributed by atoms with Gasteiger partial charge in [0.2, 0.25) is 5.95 Å². The largest absolute Gasteiger partial charge is 0.394 e. The minimum atomic E-state index is -1.24. The molecule has 1 aliphatic heterocycles. The summed E-state index contributed by atoms with van der Waals surface area (Å²) in [7, 11) is 0. The zero-order valence-electron chi connectivity index (χ0n) is 11.5. The number of nitrogens with one attached hydrogen (secondary N) is 1. The van der Waals surface area contributed by atoms with Crippen LogP contribution in [0.1, 0.15) is 17.4 Å². The minimum Gasteiger partial charge on any atom is -0.394 e. The van der Waals surface area contributed by atoms with E-state index in [-0.39, 0.29) is 16.0 Å². The number of hydrogen-bond donors (Lipinski definition) is 4. The van der Waals surface area contributed by atoms with Gasteiger partial charge in [-0.3, -0.25) is 0 Å². The summed E-state index contributed by atoms with van der Waals surface area (Å²) >= 11 is 5.18. The van der Waals surface area contributed by atoms with E-state index in [1.807, 2.05) is 0 Å². The van der Waals surface area contributed by atoms with Gasteiger partial charge < -0.3 is 25.0 Å². The van der Waals surface area contributed by atoms with Gasteiger partial charge in [0.05, 0.1) is 12.3 Å². The highest BCUT2D eigenvalue weighted by atomic mass is 32.1. The topological polar surface area (TPSA) is 111 Å². The van der Waals surface area contributed by atoms with Crippen molar-refractivity contribution in [3.8, 4) is 0 Å². The lowest BCUT2D eigenvalue weighted by atomic mass is 10.0. The van der Waals surface area contributed by atoms with Crippen LogP contribution in [0.5, 0.6) is 0 Å². The van der Waals surface area contributed by atoms with Crippen LogP contribution in [0.15, 0.2) is 6.07 Å². The lowest BCUT2D eigenvalue weighted by Gasteiger charge is -2.15. The molecule has 3 rings (SSSR count). The first-order valence-corrected chi connectivity index (χ1v) is 7.02. The molecule has 118 valence electrons. The molecule has 3 heterocycles. The molecule has 2 aromatic rings. The summed E-state index contributed by atoms with van der Waals surface area (Å²) in [6.07, 6.45) is -4.26. The van der Waals surface area contributed by atoms with Crippen LogP contribution in [0.25, 0.3) is 11.2 Å². The predicted molar refractivity (Wildman–Crippen MR) is 76.1 cm³/mol. The maximum absolute atomic E-state index is 13.4. The van der Waals surface area contributed by atoms with E-state index in [0.717, 1.165) is 0 Å². The number of H-pyrrole nitrogens is 1. The zero-order valence-corrected chi connectivity index (χ0v) is 12.3. The molecule has 0 amide bonds. The number of aliphatic hydroxyl groups is 3. The zero-order chi connectivity index (χ0) is 16.0. The average Bonchev–Trinajstić information content (AvgIpc) is 2.76. The maximum atomic E-state index is 13.4. The van der Waals surface area contributed by atoms with Crippen LogP contribution in [-0.4, -0.2) is 55.2 Å². The monoisotopic (exact) mass is 327 g/mol. The first-order chi connectivity index (χ1) is 10.4. The van der Waals surface area contributed by atoms with Crippen molar-refractivity contribution >= 4 is 23.4 Å². The summed E-state index contributed by atoms with van der Waals surface area (Å²) in [5, 5.41) is 29.0. The molecule has 1 fully saturated rings. The average molecular weight is 327 g/mol. The molecule has 0 radical (unpaired) electrons. The molecule has 0 saturated carbocycles. The van der Waals surface area contributed by atoms with Crippen LogP contribution in [0.3, 0.4) is 0 Å². The summed E-state index contributed by atoms with van der Waals surface area (Å²) in [6.45, 7) is 1.05. The molecule has 22 heavy (non-hydrogen) atoms. The smallest absolute Gasteiger partial charge is 0.236 e. The second-order valence-corrected chi connectivity index (χ2v) is 5.55. The summed E-state index contributed by atoms with van der Waals surface area (Å²) in [5.74, 6) is -0.696. The molecule has 4 atom stereocenters. The van der Waals surface area contributed by atoms with E-state index in [2.05, 4.69) is 15.0 Å². The van der Waals surface area contributed by atoms with Gasteiger partial charge in [-0.25, -0.2) is 4.98 Å². The van der Waals surface area contributed by atoms with Crippen molar-refractivity contribution in [3.63, 3.8) is 0 Å². The third-order valence-corrected chi connectivity index (χ3v) is 4.01. The Labute approximate surface area is 129 Å². The van der Waals surface area contributed by atoms with Crippen LogP contribution in [-0.2, 0) is 4.74 Å². The van der Waals surface area contributed by atoms with Gasteiger partial charge in [0, 0.05) is 5.56 Å². The fourth-order valence-corrected chi connectivity index (χ4v) is 2.74. The van der Waals surface area contributed by atoms with Crippen molar-refractivity contribution in [1.29, 1.82) is 0 Å². The van der Waals surface area contributed by atoms with Gasteiger partial charge in [-0.15, -0.1) is 0 Å². The number of fused-ring (bicyclic) bond motifs is 1. The van der Waals surface area contributed by atoms with Crippen molar-refractivity contribution in [2.75, 3.05) is 6.61 Å². The van der Waals surface area contributed by atoms with Gasteiger partial charge in [-0.05, 0) is 13.0 Å². The number of aromatic amines is 1. The molecule has 9 heteroatoms. The standard InChI is InChI=1S/C13H14FN3O4S/c1-4-11(14)16-12-6(15-4)2-5(13(22)17-12)10-9(20)8(19)7(3-18)21-10/h2,7-10,18-20H,3H2,1H3,(H,16,17,22). The molecule has 0 spiro atoms. The van der Waals surface area contributed by atoms with E-state index in [9.17, 15) is 14.6 Å². The summed E-state index contributed by atoms with van der Waals surface area (Å²) in [5.41, 5.74) is 1.07. The van der Waals surface area contributed by atoms with Gasteiger partial charge >= 0.3 is 0 Å². The first kappa shape index (κ1) is 15.4. The molecule has 1 saturated heterocycles. The van der Waals surface area contributed by atoms with Gasteiger partial charge in [0.25, 0.3) is 0 Å². The van der Waals surface area contributed by atoms with Gasteiger partial charge in [-0.2, -0.15) is 9.37 Å². The molecule has 0 aliphatic carbocycles. The lowest BCUT2D eigenvalue weighted by Crippen LogP contribution is -2.32. The second kappa shape index (κ2) is 5.60. The normalized spacial score (nSPS) is 28.4. The van der Waals surface area contributed by atoms with Gasteiger partial charge in [-0.1, -0.05) is 12.2 Å². The van der Waals surface area contributed by atoms with Crippen molar-refractivity contribution < 1.29 is 24.4 Å². The Kier molecular flexibility index (Phi) is 3.91. The van der Waals surface area contributed by atoms with E-state index < -0.39 is 37.0 Å². The van der Waals surface area contributed by atoms with Crippen LogP contribution < -0.4 is 0 Å². The van der Waals surface area contributed by atoms with Crippen LogP contribution in [0.4, 0.5) is 4.39 Å². The van der Waals surface area contributed by atoms with E-state index in [4.69, 9.17) is 22.1 Å². The third kappa shape index (κ3) is 2.40. The Morgan fingerprint density at radius 1 is 1.36 bits per heavy atom. The van der Waals surface area contributed by atoms with Crippen molar-refractivity contribution in [2.45, 2.75) is 31.3 Å². The molecule has 4 unspecified atom stereocenters. The number of ether oxygens (including phenoxy) is 1. The van der Waals surface area contributed by atoms with Crippen molar-refractivity contribution in [3.05, 3.63) is 27.9 Å². The van der Waals surface area contributed by atoms with Crippen molar-refractivity contribution in [2.24, 2.45) is 0 Å². The molecular weight excluding hydrogens is 313 g/mol. The second-order valence-electron chi connectivity index (χ2n) is 5.15. The van der Waals surface area contributed by atoms with Crippen LogP contribution >= 0.6 is 12.2 Å². The lowest BCUT2D eigenvalue weighted by molar-refractivity contribution is -0.0229. The van der Waals surface area contributed by atoms with E-state index in [1.54, 1.807) is 0 Å². The third-order valence-electron chi connectivity index (χ3n) is 3.67. The Morgan fingerprint density at radius 2 is 2.09 bits per heavy atom. The number of halogens is 1. The minimum absolute atomic E-state index is 0.130. The van der Waals surface area contributed by atoms with Crippen LogP contribution in [0.2, 0.25) is 0 Å². The Hall–Kier alpha value is -1.52. The van der Waals surface area contributed by atoms with E-state index >= 15 is 0 Å². The fraction of sp³-hybridized carbons (Fsp3) is 0.462. The Balaban J connectivity index is 2.10. The van der Waals surface area contributed by atoms with Crippen LogP contribution in [0, 0.1) is 17.5 Å². The van der Waals surface area contributed by atoms with Gasteiger partial charge in [0.15, 0.2) is 5.65 Å². The number of hydrogen-bond acceptors (Lipinski definition) is 7. The fourth-order valence-electron chi connectivity index (χ4n) is 2.47. The predicted octanol–water partition coefficient (Wildman–Crippen LogP) is 0.289. The number of aromatic nitrogens is 3. The first-order valence-electron chi connectivity index (χ1n) is 6.62. The molecule has 7 nitrogen and oxygen atoms in total. The number of nitrogens with zero attached hydrogens (tertiary/aromatic N) is 2. The Morgan fingerprint density at radius 3 is 2.73 bits per heavy atom. The molecular formula is C13H14FN3O4S. The highest BCUT2D eigenvalue weighted by Crippen LogP contribution is 2.34.